The van der Waals surface area contributed by atoms with Gasteiger partial charge in [-0.3, -0.25) is 0 Å². The van der Waals surface area contributed by atoms with Gasteiger partial charge in [-0.25, -0.2) is 4.98 Å². The molecule has 20 heavy (non-hydrogen) atoms. The van der Waals surface area contributed by atoms with Crippen LogP contribution in [0.3, 0.4) is 0 Å². The molecule has 0 saturated heterocycles. The van der Waals surface area contributed by atoms with E-state index in [0.717, 1.165) is 31.8 Å². The van der Waals surface area contributed by atoms with E-state index in [0.29, 0.717) is 6.04 Å². The van der Waals surface area contributed by atoms with Gasteiger partial charge in [-0.2, -0.15) is 0 Å². The highest BCUT2D eigenvalue weighted by Gasteiger charge is 2.16. The van der Waals surface area contributed by atoms with Crippen LogP contribution in [-0.2, 0) is 13.0 Å². The summed E-state index contributed by atoms with van der Waals surface area (Å²) in [6.07, 6.45) is 6.06. The first kappa shape index (κ1) is 15.5. The van der Waals surface area contributed by atoms with Crippen molar-refractivity contribution < 1.29 is 0 Å². The molecule has 0 bridgehead atoms. The number of aromatic nitrogens is 2. The molecule has 1 heterocycles. The van der Waals surface area contributed by atoms with E-state index < -0.39 is 0 Å². The Bertz CT molecular complexity index is 536. The second kappa shape index (κ2) is 7.78. The SMILES string of the molecule is CCCn1ccnc1CC(NCC)c1ccccc1I. The third-order valence-corrected chi connectivity index (χ3v) is 4.37. The minimum absolute atomic E-state index is 0.325. The van der Waals surface area contributed by atoms with E-state index in [-0.39, 0.29) is 0 Å². The minimum atomic E-state index is 0.325. The van der Waals surface area contributed by atoms with Gasteiger partial charge in [0.15, 0.2) is 0 Å². The predicted octanol–water partition coefficient (Wildman–Crippen LogP) is 3.79. The van der Waals surface area contributed by atoms with Gasteiger partial charge in [0.05, 0.1) is 0 Å². The van der Waals surface area contributed by atoms with E-state index in [2.05, 4.69) is 81.8 Å². The van der Waals surface area contributed by atoms with E-state index in [1.54, 1.807) is 0 Å². The Hall–Kier alpha value is -0.880. The number of nitrogens with one attached hydrogen (secondary N) is 1. The van der Waals surface area contributed by atoms with Crippen molar-refractivity contribution >= 4 is 22.6 Å². The van der Waals surface area contributed by atoms with Gasteiger partial charge < -0.3 is 9.88 Å². The quantitative estimate of drug-likeness (QED) is 0.738. The Balaban J connectivity index is 2.21. The largest absolute Gasteiger partial charge is 0.335 e. The maximum atomic E-state index is 4.53. The number of halogens is 1. The summed E-state index contributed by atoms with van der Waals surface area (Å²) >= 11 is 2.41. The first-order valence-electron chi connectivity index (χ1n) is 7.24. The van der Waals surface area contributed by atoms with Gasteiger partial charge >= 0.3 is 0 Å². The van der Waals surface area contributed by atoms with Gasteiger partial charge in [-0.1, -0.05) is 32.0 Å². The summed E-state index contributed by atoms with van der Waals surface area (Å²) in [5.74, 6) is 1.16. The summed E-state index contributed by atoms with van der Waals surface area (Å²) in [5, 5.41) is 3.59. The lowest BCUT2D eigenvalue weighted by Crippen LogP contribution is -2.25. The normalized spacial score (nSPS) is 12.6. The lowest BCUT2D eigenvalue weighted by atomic mass is 10.0. The monoisotopic (exact) mass is 383 g/mol. The topological polar surface area (TPSA) is 29.9 Å². The zero-order valence-electron chi connectivity index (χ0n) is 12.1. The average molecular weight is 383 g/mol. The number of nitrogens with zero attached hydrogens (tertiary/aromatic N) is 2. The molecule has 1 aromatic carbocycles. The molecule has 2 rings (SSSR count). The zero-order valence-corrected chi connectivity index (χ0v) is 14.3. The molecule has 108 valence electrons. The molecule has 0 aliphatic heterocycles. The molecule has 0 aliphatic carbocycles. The van der Waals surface area contributed by atoms with Crippen LogP contribution in [0.4, 0.5) is 0 Å². The van der Waals surface area contributed by atoms with E-state index in [1.807, 2.05) is 6.20 Å². The Morgan fingerprint density at radius 3 is 2.80 bits per heavy atom. The van der Waals surface area contributed by atoms with Crippen LogP contribution in [0.5, 0.6) is 0 Å². The van der Waals surface area contributed by atoms with Gasteiger partial charge in [-0.15, -0.1) is 0 Å². The maximum Gasteiger partial charge on any atom is 0.110 e. The van der Waals surface area contributed by atoms with Crippen molar-refractivity contribution in [3.8, 4) is 0 Å². The zero-order chi connectivity index (χ0) is 14.4. The van der Waals surface area contributed by atoms with Crippen molar-refractivity contribution in [1.82, 2.24) is 14.9 Å². The number of aryl methyl sites for hydroxylation is 1. The summed E-state index contributed by atoms with van der Waals surface area (Å²) in [4.78, 5) is 4.53. The van der Waals surface area contributed by atoms with Crippen LogP contribution in [-0.4, -0.2) is 16.1 Å². The standard InChI is InChI=1S/C16H22IN3/c1-3-10-20-11-9-19-16(20)12-15(18-4-2)13-7-5-6-8-14(13)17/h5-9,11,15,18H,3-4,10,12H2,1-2H3. The van der Waals surface area contributed by atoms with E-state index in [1.165, 1.54) is 9.13 Å². The third kappa shape index (κ3) is 3.82. The first-order valence-corrected chi connectivity index (χ1v) is 8.32. The highest BCUT2D eigenvalue weighted by molar-refractivity contribution is 14.1. The summed E-state index contributed by atoms with van der Waals surface area (Å²) in [6, 6.07) is 8.90. The van der Waals surface area contributed by atoms with Crippen molar-refractivity contribution in [3.05, 3.63) is 51.6 Å². The smallest absolute Gasteiger partial charge is 0.110 e. The molecule has 2 aromatic rings. The Morgan fingerprint density at radius 1 is 1.30 bits per heavy atom. The molecule has 0 aliphatic rings. The van der Waals surface area contributed by atoms with Crippen LogP contribution in [0.1, 0.15) is 37.7 Å². The Labute approximate surface area is 134 Å². The van der Waals surface area contributed by atoms with Crippen molar-refractivity contribution in [2.45, 2.75) is 39.3 Å². The molecule has 0 spiro atoms. The number of hydrogen-bond acceptors (Lipinski definition) is 2. The molecule has 3 nitrogen and oxygen atoms in total. The maximum absolute atomic E-state index is 4.53. The van der Waals surface area contributed by atoms with Crippen LogP contribution in [0.15, 0.2) is 36.7 Å². The highest BCUT2D eigenvalue weighted by atomic mass is 127. The van der Waals surface area contributed by atoms with Gasteiger partial charge in [0.2, 0.25) is 0 Å². The van der Waals surface area contributed by atoms with Gasteiger partial charge in [0.25, 0.3) is 0 Å². The second-order valence-electron chi connectivity index (χ2n) is 4.87. The summed E-state index contributed by atoms with van der Waals surface area (Å²) in [5.41, 5.74) is 1.36. The lowest BCUT2D eigenvalue weighted by Gasteiger charge is -2.20. The van der Waals surface area contributed by atoms with Crippen LogP contribution in [0.2, 0.25) is 0 Å². The van der Waals surface area contributed by atoms with Gasteiger partial charge in [0, 0.05) is 35.0 Å². The number of rotatable bonds is 7. The summed E-state index contributed by atoms with van der Waals surface area (Å²) < 4.78 is 3.57. The fraction of sp³-hybridized carbons (Fsp3) is 0.438. The van der Waals surface area contributed by atoms with Crippen LogP contribution >= 0.6 is 22.6 Å². The summed E-state index contributed by atoms with van der Waals surface area (Å²) in [6.45, 7) is 6.36. The van der Waals surface area contributed by atoms with Crippen molar-refractivity contribution in [2.24, 2.45) is 0 Å². The second-order valence-corrected chi connectivity index (χ2v) is 6.03. The highest BCUT2D eigenvalue weighted by Crippen LogP contribution is 2.23. The third-order valence-electron chi connectivity index (χ3n) is 3.38. The van der Waals surface area contributed by atoms with E-state index in [9.17, 15) is 0 Å². The molecular weight excluding hydrogens is 361 g/mol. The molecule has 0 fully saturated rings. The van der Waals surface area contributed by atoms with E-state index >= 15 is 0 Å². The molecule has 1 atom stereocenters. The van der Waals surface area contributed by atoms with E-state index in [4.69, 9.17) is 0 Å². The number of benzene rings is 1. The summed E-state index contributed by atoms with van der Waals surface area (Å²) in [7, 11) is 0. The van der Waals surface area contributed by atoms with Crippen LogP contribution in [0, 0.1) is 3.57 Å². The van der Waals surface area contributed by atoms with Crippen LogP contribution < -0.4 is 5.32 Å². The Kier molecular flexibility index (Phi) is 6.04. The Morgan fingerprint density at radius 2 is 2.10 bits per heavy atom. The number of imidazole rings is 1. The molecule has 1 unspecified atom stereocenters. The minimum Gasteiger partial charge on any atom is -0.335 e. The molecule has 4 heteroatoms. The van der Waals surface area contributed by atoms with Gasteiger partial charge in [0.1, 0.15) is 5.82 Å². The molecule has 0 amide bonds. The van der Waals surface area contributed by atoms with Gasteiger partial charge in [-0.05, 0) is 47.2 Å². The lowest BCUT2D eigenvalue weighted by molar-refractivity contribution is 0.514. The molecule has 0 radical (unpaired) electrons. The molecular formula is C16H22IN3. The molecule has 1 aromatic heterocycles. The molecule has 0 saturated carbocycles. The fourth-order valence-corrected chi connectivity index (χ4v) is 3.22. The molecule has 1 N–H and O–H groups in total. The first-order chi connectivity index (χ1) is 9.76. The fourth-order valence-electron chi connectivity index (χ4n) is 2.45. The predicted molar refractivity (Wildman–Crippen MR) is 91.8 cm³/mol. The number of likely N-dealkylation sites (N-methyl/N-ethyl adjacent to an activating group) is 1. The average Bonchev–Trinajstić information content (AvgIpc) is 2.87. The van der Waals surface area contributed by atoms with Crippen molar-refractivity contribution in [1.29, 1.82) is 0 Å². The van der Waals surface area contributed by atoms with Crippen LogP contribution in [0.25, 0.3) is 0 Å². The number of hydrogen-bond donors (Lipinski definition) is 1. The van der Waals surface area contributed by atoms with Crippen molar-refractivity contribution in [3.63, 3.8) is 0 Å². The van der Waals surface area contributed by atoms with Crippen molar-refractivity contribution in [2.75, 3.05) is 6.54 Å².